The number of hydrogen-bond acceptors (Lipinski definition) is 2. The van der Waals surface area contributed by atoms with E-state index in [4.69, 9.17) is 0 Å². The lowest BCUT2D eigenvalue weighted by Crippen LogP contribution is -2.21. The van der Waals surface area contributed by atoms with Crippen LogP contribution < -0.4 is 5.43 Å². The molecule has 0 atom stereocenters. The molecule has 9 heavy (non-hydrogen) atoms. The zero-order chi connectivity index (χ0) is 6.91. The zero-order valence-electron chi connectivity index (χ0n) is 4.29. The normalized spacial score (nSPS) is 19.2. The molecule has 0 aromatic rings. The van der Waals surface area contributed by atoms with Gasteiger partial charge in [0.05, 0.1) is 6.42 Å². The molecule has 2 radical (unpaired) electrons. The predicted octanol–water partition coefficient (Wildman–Crippen LogP) is 0.589. The maximum atomic E-state index is 11.5. The van der Waals surface area contributed by atoms with E-state index in [-0.39, 0.29) is 6.54 Å². The van der Waals surface area contributed by atoms with Crippen LogP contribution in [0.5, 0.6) is 0 Å². The van der Waals surface area contributed by atoms with Crippen LogP contribution in [-0.4, -0.2) is 18.4 Å². The summed E-state index contributed by atoms with van der Waals surface area (Å²) in [4.78, 5) is 0. The molecule has 0 amide bonds. The third-order valence-electron chi connectivity index (χ3n) is 0.794. The third-order valence-corrected chi connectivity index (χ3v) is 0.794. The molecule has 1 N–H and O–H groups in total. The summed E-state index contributed by atoms with van der Waals surface area (Å²) in [7, 11) is 0. The molecule has 0 spiro atoms. The standard InChI is InChI=1S/C4H3F3N2/c5-4(6,7)3-1-2-8-9-3/h8H,2H2. The van der Waals surface area contributed by atoms with Crippen molar-refractivity contribution in [2.24, 2.45) is 5.10 Å². The fraction of sp³-hybridized carbons (Fsp3) is 0.500. The Morgan fingerprint density at radius 3 is 2.44 bits per heavy atom. The number of halogens is 3. The van der Waals surface area contributed by atoms with Crippen molar-refractivity contribution < 1.29 is 13.2 Å². The molecule has 1 aliphatic rings. The molecule has 0 saturated heterocycles. The summed E-state index contributed by atoms with van der Waals surface area (Å²) >= 11 is 0. The van der Waals surface area contributed by atoms with E-state index < -0.39 is 11.9 Å². The Kier molecular flexibility index (Phi) is 1.34. The van der Waals surface area contributed by atoms with Gasteiger partial charge in [0, 0.05) is 6.54 Å². The van der Waals surface area contributed by atoms with E-state index in [2.05, 4.69) is 10.5 Å². The highest BCUT2D eigenvalue weighted by atomic mass is 19.4. The molecule has 1 aliphatic heterocycles. The van der Waals surface area contributed by atoms with Crippen LogP contribution in [0.2, 0.25) is 0 Å². The molecule has 2 nitrogen and oxygen atoms in total. The van der Waals surface area contributed by atoms with Crippen molar-refractivity contribution in [1.29, 1.82) is 0 Å². The second-order valence-electron chi connectivity index (χ2n) is 1.47. The largest absolute Gasteiger partial charge is 0.431 e. The van der Waals surface area contributed by atoms with Crippen molar-refractivity contribution in [2.75, 3.05) is 6.54 Å². The van der Waals surface area contributed by atoms with Crippen molar-refractivity contribution >= 4 is 5.71 Å². The van der Waals surface area contributed by atoms with E-state index in [1.807, 2.05) is 6.42 Å². The van der Waals surface area contributed by atoms with Crippen LogP contribution in [0, 0.1) is 6.42 Å². The van der Waals surface area contributed by atoms with E-state index in [9.17, 15) is 13.2 Å². The molecule has 1 heterocycles. The highest BCUT2D eigenvalue weighted by molar-refractivity contribution is 5.98. The Hall–Kier alpha value is -0.740. The molecular formula is C4H3F3N2. The number of alkyl halides is 3. The van der Waals surface area contributed by atoms with Gasteiger partial charge in [0.15, 0.2) is 5.71 Å². The topological polar surface area (TPSA) is 24.4 Å². The average molecular weight is 136 g/mol. The molecule has 1 rings (SSSR count). The lowest BCUT2D eigenvalue weighted by atomic mass is 10.3. The van der Waals surface area contributed by atoms with Crippen molar-refractivity contribution in [1.82, 2.24) is 5.43 Å². The third kappa shape index (κ3) is 1.34. The van der Waals surface area contributed by atoms with Gasteiger partial charge in [-0.3, -0.25) is 0 Å². The number of nitrogens with zero attached hydrogens (tertiary/aromatic N) is 1. The molecule has 0 aromatic carbocycles. The van der Waals surface area contributed by atoms with Gasteiger partial charge < -0.3 is 5.43 Å². The molecule has 0 aliphatic carbocycles. The first-order chi connectivity index (χ1) is 4.11. The van der Waals surface area contributed by atoms with Gasteiger partial charge >= 0.3 is 6.18 Å². The maximum Gasteiger partial charge on any atom is 0.431 e. The van der Waals surface area contributed by atoms with Crippen molar-refractivity contribution in [3.8, 4) is 0 Å². The molecular weight excluding hydrogens is 133 g/mol. The Bertz CT molecular complexity index is 137. The summed E-state index contributed by atoms with van der Waals surface area (Å²) in [5.74, 6) is 0. The molecule has 0 saturated carbocycles. The summed E-state index contributed by atoms with van der Waals surface area (Å²) in [6.07, 6.45) is -2.33. The second kappa shape index (κ2) is 1.89. The summed E-state index contributed by atoms with van der Waals surface area (Å²) in [6.45, 7) is 0.0504. The van der Waals surface area contributed by atoms with Crippen LogP contribution in [0.4, 0.5) is 13.2 Å². The fourth-order valence-corrected chi connectivity index (χ4v) is 0.445. The highest BCUT2D eigenvalue weighted by Gasteiger charge is 2.37. The molecule has 0 aromatic heterocycles. The van der Waals surface area contributed by atoms with E-state index in [0.29, 0.717) is 0 Å². The number of hydrogen-bond donors (Lipinski definition) is 1. The smallest absolute Gasteiger partial charge is 0.309 e. The van der Waals surface area contributed by atoms with E-state index >= 15 is 0 Å². The minimum absolute atomic E-state index is 0.0504. The highest BCUT2D eigenvalue weighted by Crippen LogP contribution is 2.19. The van der Waals surface area contributed by atoms with Crippen LogP contribution in [0.15, 0.2) is 5.10 Å². The quantitative estimate of drug-likeness (QED) is 0.517. The van der Waals surface area contributed by atoms with E-state index in [1.165, 1.54) is 0 Å². The first-order valence-electron chi connectivity index (χ1n) is 2.22. The van der Waals surface area contributed by atoms with Crippen LogP contribution in [0.1, 0.15) is 0 Å². The summed E-state index contributed by atoms with van der Waals surface area (Å²) in [6, 6.07) is 0. The molecule has 0 unspecified atom stereocenters. The van der Waals surface area contributed by atoms with Gasteiger partial charge in [-0.05, 0) is 0 Å². The van der Waals surface area contributed by atoms with Crippen LogP contribution >= 0.6 is 0 Å². The summed E-state index contributed by atoms with van der Waals surface area (Å²) in [5, 5.41) is 2.94. The average Bonchev–Trinajstić information content (AvgIpc) is 2.08. The Morgan fingerprint density at radius 2 is 2.22 bits per heavy atom. The summed E-state index contributed by atoms with van der Waals surface area (Å²) < 4.78 is 34.6. The fourth-order valence-electron chi connectivity index (χ4n) is 0.445. The predicted molar refractivity (Wildman–Crippen MR) is 24.7 cm³/mol. The van der Waals surface area contributed by atoms with Gasteiger partial charge in [0.25, 0.3) is 0 Å². The van der Waals surface area contributed by atoms with Gasteiger partial charge in [0.1, 0.15) is 0 Å². The zero-order valence-corrected chi connectivity index (χ0v) is 4.29. The van der Waals surface area contributed by atoms with Gasteiger partial charge in [-0.1, -0.05) is 0 Å². The van der Waals surface area contributed by atoms with Gasteiger partial charge in [-0.2, -0.15) is 18.3 Å². The minimum atomic E-state index is -4.34. The SMILES string of the molecule is FC(F)(F)C1=NNC[C]1. The maximum absolute atomic E-state index is 11.5. The monoisotopic (exact) mass is 136 g/mol. The molecule has 0 bridgehead atoms. The summed E-state index contributed by atoms with van der Waals surface area (Å²) in [5.41, 5.74) is 1.18. The second-order valence-corrected chi connectivity index (χ2v) is 1.47. The number of rotatable bonds is 0. The molecule has 5 heteroatoms. The first-order valence-corrected chi connectivity index (χ1v) is 2.22. The van der Waals surface area contributed by atoms with Gasteiger partial charge in [-0.25, -0.2) is 0 Å². The van der Waals surface area contributed by atoms with E-state index in [1.54, 1.807) is 0 Å². The Balaban J connectivity index is 2.61. The van der Waals surface area contributed by atoms with Crippen molar-refractivity contribution in [3.63, 3.8) is 0 Å². The Morgan fingerprint density at radius 1 is 1.56 bits per heavy atom. The lowest BCUT2D eigenvalue weighted by molar-refractivity contribution is -0.0582. The minimum Gasteiger partial charge on any atom is -0.309 e. The van der Waals surface area contributed by atoms with Crippen molar-refractivity contribution in [2.45, 2.75) is 6.18 Å². The van der Waals surface area contributed by atoms with Crippen LogP contribution in [-0.2, 0) is 0 Å². The lowest BCUT2D eigenvalue weighted by Gasteiger charge is -2.00. The Labute approximate surface area is 49.7 Å². The molecule has 0 fully saturated rings. The van der Waals surface area contributed by atoms with Crippen molar-refractivity contribution in [3.05, 3.63) is 6.42 Å². The number of nitrogens with one attached hydrogen (secondary N) is 1. The molecule has 50 valence electrons. The van der Waals surface area contributed by atoms with E-state index in [0.717, 1.165) is 0 Å². The van der Waals surface area contributed by atoms with Crippen LogP contribution in [0.25, 0.3) is 0 Å². The van der Waals surface area contributed by atoms with Gasteiger partial charge in [0.2, 0.25) is 0 Å². The van der Waals surface area contributed by atoms with Crippen LogP contribution in [0.3, 0.4) is 0 Å². The van der Waals surface area contributed by atoms with Gasteiger partial charge in [-0.15, -0.1) is 0 Å². The first kappa shape index (κ1) is 6.38. The number of hydrazone groups is 1.